The van der Waals surface area contributed by atoms with Crippen molar-refractivity contribution in [2.24, 2.45) is 5.73 Å². The molecule has 17 heavy (non-hydrogen) atoms. The van der Waals surface area contributed by atoms with Crippen molar-refractivity contribution in [3.8, 4) is 0 Å². The largest absolute Gasteiger partial charge is 0.389 e. The maximum atomic E-state index is 5.77. The lowest BCUT2D eigenvalue weighted by Gasteiger charge is -2.28. The van der Waals surface area contributed by atoms with E-state index in [0.29, 0.717) is 4.99 Å². The molecule has 94 valence electrons. The molecule has 1 aromatic rings. The predicted molar refractivity (Wildman–Crippen MR) is 82.6 cm³/mol. The van der Waals surface area contributed by atoms with Crippen LogP contribution in [-0.2, 0) is 0 Å². The third-order valence-electron chi connectivity index (χ3n) is 2.61. The number of nitrogens with two attached hydrogens (primary N) is 1. The smallest absolute Gasteiger partial charge is 0.107 e. The molecule has 0 heterocycles. The molecule has 2 nitrogen and oxygen atoms in total. The fourth-order valence-corrected chi connectivity index (χ4v) is 2.86. The van der Waals surface area contributed by atoms with Crippen molar-refractivity contribution in [1.29, 1.82) is 0 Å². The number of hydrogen-bond donors (Lipinski definition) is 2. The van der Waals surface area contributed by atoms with Gasteiger partial charge in [-0.25, -0.2) is 0 Å². The highest BCUT2D eigenvalue weighted by Crippen LogP contribution is 2.28. The highest BCUT2D eigenvalue weighted by molar-refractivity contribution is 9.10. The van der Waals surface area contributed by atoms with Gasteiger partial charge in [0.05, 0.1) is 0 Å². The van der Waals surface area contributed by atoms with Crippen LogP contribution in [0, 0.1) is 0 Å². The molecule has 4 heteroatoms. The van der Waals surface area contributed by atoms with Gasteiger partial charge < -0.3 is 11.1 Å². The van der Waals surface area contributed by atoms with Crippen molar-refractivity contribution in [2.75, 3.05) is 5.32 Å². The maximum Gasteiger partial charge on any atom is 0.107 e. The summed E-state index contributed by atoms with van der Waals surface area (Å²) in [5.74, 6) is 0. The summed E-state index contributed by atoms with van der Waals surface area (Å²) in [5.41, 5.74) is 7.68. The zero-order valence-corrected chi connectivity index (χ0v) is 12.9. The van der Waals surface area contributed by atoms with Gasteiger partial charge in [0.1, 0.15) is 4.99 Å². The third-order valence-corrected chi connectivity index (χ3v) is 3.47. The summed E-state index contributed by atoms with van der Waals surface area (Å²) in [6, 6.07) is 5.94. The van der Waals surface area contributed by atoms with Gasteiger partial charge >= 0.3 is 0 Å². The molecule has 0 bridgehead atoms. The van der Waals surface area contributed by atoms with Crippen LogP contribution in [0.3, 0.4) is 0 Å². The molecule has 0 atom stereocenters. The molecule has 3 N–H and O–H groups in total. The summed E-state index contributed by atoms with van der Waals surface area (Å²) in [7, 11) is 0. The summed E-state index contributed by atoms with van der Waals surface area (Å²) in [6.07, 6.45) is 2.23. The van der Waals surface area contributed by atoms with Crippen molar-refractivity contribution in [3.63, 3.8) is 0 Å². The molecule has 0 aromatic heterocycles. The summed E-state index contributed by atoms with van der Waals surface area (Å²) in [6.45, 7) is 6.54. The minimum Gasteiger partial charge on any atom is -0.389 e. The highest BCUT2D eigenvalue weighted by Gasteiger charge is 2.19. The van der Waals surface area contributed by atoms with Gasteiger partial charge in [0.15, 0.2) is 0 Å². The number of rotatable bonds is 5. The number of thiocarbonyl (C=S) groups is 1. The topological polar surface area (TPSA) is 38.0 Å². The normalized spacial score (nSPS) is 11.3. The van der Waals surface area contributed by atoms with E-state index in [4.69, 9.17) is 18.0 Å². The zero-order chi connectivity index (χ0) is 13.1. The number of benzene rings is 1. The van der Waals surface area contributed by atoms with Crippen LogP contribution in [0.1, 0.15) is 39.2 Å². The van der Waals surface area contributed by atoms with Crippen molar-refractivity contribution in [3.05, 3.63) is 28.2 Å². The van der Waals surface area contributed by atoms with Gasteiger partial charge in [0.25, 0.3) is 0 Å². The van der Waals surface area contributed by atoms with Crippen LogP contribution >= 0.6 is 28.1 Å². The van der Waals surface area contributed by atoms with Crippen LogP contribution in [-0.4, -0.2) is 10.5 Å². The minimum absolute atomic E-state index is 0.0368. The molecule has 0 aliphatic carbocycles. The van der Waals surface area contributed by atoms with E-state index < -0.39 is 0 Å². The Morgan fingerprint density at radius 1 is 1.47 bits per heavy atom. The first kappa shape index (κ1) is 14.5. The van der Waals surface area contributed by atoms with Gasteiger partial charge in [-0.1, -0.05) is 31.6 Å². The molecule has 0 aliphatic rings. The Morgan fingerprint density at radius 3 is 2.65 bits per heavy atom. The predicted octanol–water partition coefficient (Wildman–Crippen LogP) is 4.07. The summed E-state index contributed by atoms with van der Waals surface area (Å²) in [4.78, 5) is 0.410. The van der Waals surface area contributed by atoms with Crippen LogP contribution in [0.2, 0.25) is 0 Å². The Kier molecular flexibility index (Phi) is 4.95. The van der Waals surface area contributed by atoms with E-state index in [9.17, 15) is 0 Å². The molecule has 0 saturated carbocycles. The number of nitrogens with one attached hydrogen (secondary N) is 1. The molecule has 1 rings (SSSR count). The molecule has 0 fully saturated rings. The van der Waals surface area contributed by atoms with Crippen LogP contribution in [0.5, 0.6) is 0 Å². The number of anilines is 1. The van der Waals surface area contributed by atoms with E-state index in [1.807, 2.05) is 18.2 Å². The molecule has 0 amide bonds. The van der Waals surface area contributed by atoms with Crippen LogP contribution in [0.4, 0.5) is 5.69 Å². The fraction of sp³-hybridized carbons (Fsp3) is 0.462. The molecule has 0 spiro atoms. The lowest BCUT2D eigenvalue weighted by atomic mass is 9.97. The average Bonchev–Trinajstić information content (AvgIpc) is 2.15. The van der Waals surface area contributed by atoms with Gasteiger partial charge in [-0.3, -0.25) is 0 Å². The second kappa shape index (κ2) is 5.83. The Labute approximate surface area is 117 Å². The molecular weight excluding hydrogens is 296 g/mol. The van der Waals surface area contributed by atoms with Crippen molar-refractivity contribution < 1.29 is 0 Å². The van der Waals surface area contributed by atoms with E-state index in [-0.39, 0.29) is 5.54 Å². The second-order valence-corrected chi connectivity index (χ2v) is 6.08. The summed E-state index contributed by atoms with van der Waals surface area (Å²) >= 11 is 8.59. The molecular formula is C13H19BrN2S. The second-order valence-electron chi connectivity index (χ2n) is 4.79. The average molecular weight is 315 g/mol. The standard InChI is InChI=1S/C13H19BrN2S/c1-4-8-13(2,3)16-10-7-5-6-9(14)11(10)12(15)17/h5-7,16H,4,8H2,1-3H3,(H2,15,17). The van der Waals surface area contributed by atoms with Gasteiger partial charge in [-0.05, 0) is 48.3 Å². The van der Waals surface area contributed by atoms with E-state index in [2.05, 4.69) is 42.0 Å². The van der Waals surface area contributed by atoms with Crippen LogP contribution in [0.15, 0.2) is 22.7 Å². The summed E-state index contributed by atoms with van der Waals surface area (Å²) in [5, 5.41) is 3.51. The number of hydrogen-bond acceptors (Lipinski definition) is 2. The molecule has 0 unspecified atom stereocenters. The van der Waals surface area contributed by atoms with Gasteiger partial charge in [-0.15, -0.1) is 0 Å². The van der Waals surface area contributed by atoms with E-state index >= 15 is 0 Å². The summed E-state index contributed by atoms with van der Waals surface area (Å²) < 4.78 is 0.933. The third kappa shape index (κ3) is 3.96. The van der Waals surface area contributed by atoms with Crippen molar-refractivity contribution in [2.45, 2.75) is 39.2 Å². The first-order valence-electron chi connectivity index (χ1n) is 5.74. The Balaban J connectivity index is 3.06. The van der Waals surface area contributed by atoms with Gasteiger partial charge in [-0.2, -0.15) is 0 Å². The van der Waals surface area contributed by atoms with E-state index in [1.165, 1.54) is 0 Å². The SMILES string of the molecule is CCCC(C)(C)Nc1cccc(Br)c1C(N)=S. The van der Waals surface area contributed by atoms with E-state index in [1.54, 1.807) is 0 Å². The zero-order valence-electron chi connectivity index (χ0n) is 10.5. The molecule has 0 saturated heterocycles. The lowest BCUT2D eigenvalue weighted by molar-refractivity contribution is 0.511. The Hall–Kier alpha value is -0.610. The minimum atomic E-state index is 0.0368. The van der Waals surface area contributed by atoms with Crippen LogP contribution < -0.4 is 11.1 Å². The van der Waals surface area contributed by atoms with Gasteiger partial charge in [0, 0.05) is 21.3 Å². The Bertz CT molecular complexity index is 416. The molecule has 0 aliphatic heterocycles. The van der Waals surface area contributed by atoms with Crippen molar-refractivity contribution in [1.82, 2.24) is 0 Å². The molecule has 1 aromatic carbocycles. The Morgan fingerprint density at radius 2 is 2.12 bits per heavy atom. The number of halogens is 1. The van der Waals surface area contributed by atoms with Gasteiger partial charge in [0.2, 0.25) is 0 Å². The maximum absolute atomic E-state index is 5.77. The first-order chi connectivity index (χ1) is 7.87. The lowest BCUT2D eigenvalue weighted by Crippen LogP contribution is -2.31. The molecule has 0 radical (unpaired) electrons. The van der Waals surface area contributed by atoms with Crippen molar-refractivity contribution >= 4 is 38.8 Å². The van der Waals surface area contributed by atoms with E-state index in [0.717, 1.165) is 28.6 Å². The first-order valence-corrected chi connectivity index (χ1v) is 6.94. The fourth-order valence-electron chi connectivity index (χ4n) is 1.93. The van der Waals surface area contributed by atoms with Crippen LogP contribution in [0.25, 0.3) is 0 Å². The monoisotopic (exact) mass is 314 g/mol. The quantitative estimate of drug-likeness (QED) is 0.804. The highest BCUT2D eigenvalue weighted by atomic mass is 79.9.